The van der Waals surface area contributed by atoms with Crippen LogP contribution in [-0.2, 0) is 25.4 Å². The maximum atomic E-state index is 12.5. The molecule has 112 valence electrons. The fraction of sp³-hybridized carbons (Fsp3) is 0.533. The molecule has 1 rings (SSSR count). The Kier molecular flexibility index (Phi) is 7.77. The van der Waals surface area contributed by atoms with Gasteiger partial charge in [-0.2, -0.15) is 0 Å². The van der Waals surface area contributed by atoms with Crippen molar-refractivity contribution in [1.29, 1.82) is 0 Å². The molecule has 2 unspecified atom stereocenters. The van der Waals surface area contributed by atoms with E-state index >= 15 is 0 Å². The third-order valence-electron chi connectivity index (χ3n) is 3.23. The summed E-state index contributed by atoms with van der Waals surface area (Å²) in [5.74, 6) is 0.531. The first-order valence-electron chi connectivity index (χ1n) is 6.99. The molecule has 0 saturated carbocycles. The average Bonchev–Trinajstić information content (AvgIpc) is 2.46. The summed E-state index contributed by atoms with van der Waals surface area (Å²) in [5, 5.41) is -0.00250. The van der Waals surface area contributed by atoms with Gasteiger partial charge in [-0.25, -0.2) is 4.21 Å². The van der Waals surface area contributed by atoms with Crippen molar-refractivity contribution in [3.05, 3.63) is 35.9 Å². The van der Waals surface area contributed by atoms with Gasteiger partial charge in [0, 0.05) is 27.8 Å². The monoisotopic (exact) mass is 313 g/mol. The van der Waals surface area contributed by atoms with Gasteiger partial charge in [0.05, 0.1) is 0 Å². The Bertz CT molecular complexity index is 484. The summed E-state index contributed by atoms with van der Waals surface area (Å²) < 4.78 is 11.4. The zero-order chi connectivity index (χ0) is 15.0. The van der Waals surface area contributed by atoms with E-state index < -0.39 is 9.45 Å². The maximum absolute atomic E-state index is 12.5. The fourth-order valence-corrected chi connectivity index (χ4v) is 4.48. The van der Waals surface area contributed by atoms with Crippen LogP contribution in [0.3, 0.4) is 0 Å². The van der Waals surface area contributed by atoms with Crippen LogP contribution in [0, 0.1) is 0 Å². The van der Waals surface area contributed by atoms with Crippen molar-refractivity contribution in [1.82, 2.24) is 4.90 Å². The molecule has 0 spiro atoms. The van der Waals surface area contributed by atoms with Crippen LogP contribution in [0.15, 0.2) is 30.3 Å². The second-order valence-electron chi connectivity index (χ2n) is 4.73. The highest BCUT2D eigenvalue weighted by atomic mass is 32.8. The molecule has 0 N–H and O–H groups in total. The van der Waals surface area contributed by atoms with Gasteiger partial charge in [-0.3, -0.25) is 4.79 Å². The Balaban J connectivity index is 2.83. The molecule has 0 aliphatic carbocycles. The second-order valence-corrected chi connectivity index (χ2v) is 7.81. The molecule has 2 atom stereocenters. The minimum atomic E-state index is -0.833. The Morgan fingerprint density at radius 2 is 1.95 bits per heavy atom. The van der Waals surface area contributed by atoms with Gasteiger partial charge in [0.2, 0.25) is 0 Å². The molecular weight excluding hydrogens is 290 g/mol. The van der Waals surface area contributed by atoms with Gasteiger partial charge in [-0.15, -0.1) is 0 Å². The van der Waals surface area contributed by atoms with Crippen LogP contribution < -0.4 is 0 Å². The fourth-order valence-electron chi connectivity index (χ4n) is 2.17. The standard InChI is InChI=1S/C15H23NO2S2/c1-4-9-13(3)16(5-2)15(17)20(19-18)12-14-10-7-6-8-11-14/h6-8,10-11,13H,4-5,9,12H2,1-3H3. The lowest BCUT2D eigenvalue weighted by molar-refractivity contribution is 0.204. The van der Waals surface area contributed by atoms with Crippen molar-refractivity contribution in [3.63, 3.8) is 0 Å². The molecule has 0 radical (unpaired) electrons. The molecule has 0 saturated heterocycles. The summed E-state index contributed by atoms with van der Waals surface area (Å²) in [6.45, 7) is 6.81. The van der Waals surface area contributed by atoms with Gasteiger partial charge >= 0.3 is 0 Å². The van der Waals surface area contributed by atoms with Gasteiger partial charge in [0.25, 0.3) is 5.24 Å². The highest BCUT2D eigenvalue weighted by Crippen LogP contribution is 2.12. The summed E-state index contributed by atoms with van der Waals surface area (Å²) in [7, 11) is -0.395. The lowest BCUT2D eigenvalue weighted by Crippen LogP contribution is -2.39. The molecule has 1 aromatic carbocycles. The van der Waals surface area contributed by atoms with Crippen molar-refractivity contribution >= 4 is 24.9 Å². The molecule has 5 heteroatoms. The predicted molar refractivity (Wildman–Crippen MR) is 87.8 cm³/mol. The van der Waals surface area contributed by atoms with Crippen LogP contribution >= 0.6 is 0 Å². The van der Waals surface area contributed by atoms with Crippen molar-refractivity contribution in [2.45, 2.75) is 45.4 Å². The third-order valence-corrected chi connectivity index (χ3v) is 5.89. The normalized spacial score (nSPS) is 13.6. The first-order valence-corrected chi connectivity index (χ1v) is 9.64. The van der Waals surface area contributed by atoms with E-state index in [0.29, 0.717) is 22.5 Å². The Morgan fingerprint density at radius 3 is 2.45 bits per heavy atom. The predicted octanol–water partition coefficient (Wildman–Crippen LogP) is 3.56. The number of carbonyl (C=O) groups excluding carboxylic acids is 1. The third kappa shape index (κ3) is 4.87. The number of hydrogen-bond donors (Lipinski definition) is 0. The van der Waals surface area contributed by atoms with Gasteiger partial charge in [0.1, 0.15) is 10.2 Å². The topological polar surface area (TPSA) is 37.4 Å². The lowest BCUT2D eigenvalue weighted by atomic mass is 10.2. The maximum Gasteiger partial charge on any atom is 0.288 e. The first kappa shape index (κ1) is 17.1. The summed E-state index contributed by atoms with van der Waals surface area (Å²) in [4.78, 5) is 14.4. The van der Waals surface area contributed by atoms with E-state index in [0.717, 1.165) is 18.4 Å². The molecule has 0 aromatic heterocycles. The summed E-state index contributed by atoms with van der Waals surface area (Å²) in [6.07, 6.45) is 2.02. The lowest BCUT2D eigenvalue weighted by Gasteiger charge is -2.28. The van der Waals surface area contributed by atoms with E-state index in [-0.39, 0.29) is 11.3 Å². The zero-order valence-corrected chi connectivity index (χ0v) is 14.0. The van der Waals surface area contributed by atoms with E-state index in [2.05, 4.69) is 13.8 Å². The Morgan fingerprint density at radius 1 is 1.30 bits per heavy atom. The van der Waals surface area contributed by atoms with Crippen molar-refractivity contribution in [2.75, 3.05) is 6.54 Å². The van der Waals surface area contributed by atoms with Crippen LogP contribution in [-0.4, -0.2) is 26.9 Å². The number of amides is 1. The summed E-state index contributed by atoms with van der Waals surface area (Å²) in [5.41, 5.74) is 1.05. The molecule has 0 aliphatic heterocycles. The summed E-state index contributed by atoms with van der Waals surface area (Å²) in [6, 6.07) is 9.96. The highest BCUT2D eigenvalue weighted by molar-refractivity contribution is 8.38. The van der Waals surface area contributed by atoms with Gasteiger partial charge < -0.3 is 4.90 Å². The number of rotatable bonds is 6. The molecule has 3 nitrogen and oxygen atoms in total. The van der Waals surface area contributed by atoms with Crippen molar-refractivity contribution < 1.29 is 9.00 Å². The van der Waals surface area contributed by atoms with Crippen LogP contribution in [0.2, 0.25) is 0 Å². The number of carbonyl (C=O) groups is 1. The molecule has 0 bridgehead atoms. The number of hydrogen-bond acceptors (Lipinski definition) is 2. The smallest absolute Gasteiger partial charge is 0.288 e. The second kappa shape index (κ2) is 9.08. The van der Waals surface area contributed by atoms with Gasteiger partial charge in [-0.05, 0) is 25.8 Å². The van der Waals surface area contributed by atoms with E-state index in [9.17, 15) is 9.00 Å². The SMILES string of the molecule is CCCC(C)N(CC)C(=O)S(Cc1ccccc1)=S=O. The van der Waals surface area contributed by atoms with Gasteiger partial charge in [0.15, 0.2) is 0 Å². The van der Waals surface area contributed by atoms with Gasteiger partial charge in [-0.1, -0.05) is 43.7 Å². The minimum Gasteiger partial charge on any atom is -0.331 e. The highest BCUT2D eigenvalue weighted by Gasteiger charge is 2.21. The molecule has 1 amide bonds. The number of nitrogens with zero attached hydrogens (tertiary/aromatic N) is 1. The first-order chi connectivity index (χ1) is 9.63. The van der Waals surface area contributed by atoms with E-state index in [1.54, 1.807) is 0 Å². The Hall–Kier alpha value is -0.940. The molecule has 0 fully saturated rings. The quantitative estimate of drug-likeness (QED) is 0.805. The Labute approximate surface area is 127 Å². The van der Waals surface area contributed by atoms with Crippen LogP contribution in [0.1, 0.15) is 39.2 Å². The zero-order valence-electron chi connectivity index (χ0n) is 12.4. The van der Waals surface area contributed by atoms with Crippen LogP contribution in [0.4, 0.5) is 4.79 Å². The van der Waals surface area contributed by atoms with E-state index in [1.807, 2.05) is 42.2 Å². The minimum absolute atomic E-state index is 0.00250. The molecule has 0 heterocycles. The molecule has 20 heavy (non-hydrogen) atoms. The van der Waals surface area contributed by atoms with Crippen LogP contribution in [0.5, 0.6) is 0 Å². The number of benzene rings is 1. The molecule has 1 aromatic rings. The molecule has 0 aliphatic rings. The molecular formula is C15H23NO2S2. The average molecular weight is 313 g/mol. The summed E-state index contributed by atoms with van der Waals surface area (Å²) >= 11 is 0. The van der Waals surface area contributed by atoms with E-state index in [1.165, 1.54) is 0 Å². The van der Waals surface area contributed by atoms with Crippen molar-refractivity contribution in [2.24, 2.45) is 0 Å². The van der Waals surface area contributed by atoms with E-state index in [4.69, 9.17) is 0 Å². The van der Waals surface area contributed by atoms with Crippen molar-refractivity contribution in [3.8, 4) is 0 Å². The largest absolute Gasteiger partial charge is 0.331 e. The van der Waals surface area contributed by atoms with Crippen LogP contribution in [0.25, 0.3) is 0 Å².